The maximum absolute atomic E-state index is 15.2. The van der Waals surface area contributed by atoms with E-state index in [0.29, 0.717) is 30.1 Å². The minimum atomic E-state index is -0.318. The van der Waals surface area contributed by atoms with E-state index < -0.39 is 0 Å². The molecule has 5 rings (SSSR count). The number of phenolic OH excluding ortho intramolecular Hbond substituents is 1. The van der Waals surface area contributed by atoms with E-state index in [4.69, 9.17) is 9.47 Å². The van der Waals surface area contributed by atoms with Gasteiger partial charge in [-0.05, 0) is 104 Å². The highest BCUT2D eigenvalue weighted by Crippen LogP contribution is 2.42. The first-order valence-electron chi connectivity index (χ1n) is 15.4. The number of nitrogens with one attached hydrogen (secondary N) is 1. The summed E-state index contributed by atoms with van der Waals surface area (Å²) in [5, 5.41) is 13.5. The highest BCUT2D eigenvalue weighted by Gasteiger charge is 2.27. The Morgan fingerprint density at radius 1 is 1.00 bits per heavy atom. The van der Waals surface area contributed by atoms with Gasteiger partial charge in [0.2, 0.25) is 0 Å². The second kappa shape index (κ2) is 13.6. The van der Waals surface area contributed by atoms with Gasteiger partial charge in [-0.15, -0.1) is 0 Å². The van der Waals surface area contributed by atoms with Crippen molar-refractivity contribution < 1.29 is 19.0 Å². The molecular formula is C35H45FN2O3. The number of aryl methyl sites for hydroxylation is 1. The molecule has 2 atom stereocenters. The molecule has 2 unspecified atom stereocenters. The fraction of sp³-hybridized carbons (Fsp3) is 0.486. The number of aromatic hydroxyl groups is 1. The highest BCUT2D eigenvalue weighted by molar-refractivity contribution is 5.61. The maximum Gasteiger partial charge on any atom is 0.165 e. The van der Waals surface area contributed by atoms with Crippen LogP contribution < -0.4 is 19.7 Å². The standard InChI is InChI=1S/C35H45FN2O3/c1-4-38(24(2)25-13-17-35(33(36)22-25)41-19-18-37-29-8-6-5-7-9-29)34-23-31(40-3)15-16-32(34)28-11-10-27-21-30(39)14-12-26(27)20-28/h12-17,21-24,28-29,37,39H,4-11,18-20H2,1-3H3. The summed E-state index contributed by atoms with van der Waals surface area (Å²) in [6.07, 6.45) is 9.24. The summed E-state index contributed by atoms with van der Waals surface area (Å²) in [4.78, 5) is 2.34. The molecule has 0 amide bonds. The van der Waals surface area contributed by atoms with Crippen LogP contribution in [0.1, 0.15) is 86.6 Å². The van der Waals surface area contributed by atoms with Crippen molar-refractivity contribution in [3.63, 3.8) is 0 Å². The van der Waals surface area contributed by atoms with Crippen LogP contribution >= 0.6 is 0 Å². The molecule has 3 aromatic carbocycles. The van der Waals surface area contributed by atoms with Crippen LogP contribution in [-0.2, 0) is 12.8 Å². The van der Waals surface area contributed by atoms with Gasteiger partial charge >= 0.3 is 0 Å². The third-order valence-electron chi connectivity index (χ3n) is 9.05. The van der Waals surface area contributed by atoms with Crippen LogP contribution in [0.3, 0.4) is 0 Å². The summed E-state index contributed by atoms with van der Waals surface area (Å²) >= 11 is 0. The van der Waals surface area contributed by atoms with E-state index >= 15 is 4.39 Å². The Hall–Kier alpha value is -3.25. The van der Waals surface area contributed by atoms with Crippen molar-refractivity contribution >= 4 is 5.69 Å². The van der Waals surface area contributed by atoms with E-state index in [9.17, 15) is 5.11 Å². The lowest BCUT2D eigenvalue weighted by Gasteiger charge is -2.35. The van der Waals surface area contributed by atoms with Gasteiger partial charge in [-0.1, -0.05) is 37.5 Å². The van der Waals surface area contributed by atoms with Crippen LogP contribution in [-0.4, -0.2) is 38.0 Å². The van der Waals surface area contributed by atoms with Crippen molar-refractivity contribution in [1.82, 2.24) is 5.32 Å². The third kappa shape index (κ3) is 6.98. The molecule has 5 nitrogen and oxygen atoms in total. The summed E-state index contributed by atoms with van der Waals surface area (Å²) in [5.41, 5.74) is 5.85. The van der Waals surface area contributed by atoms with Crippen molar-refractivity contribution in [1.29, 1.82) is 0 Å². The highest BCUT2D eigenvalue weighted by atomic mass is 19.1. The van der Waals surface area contributed by atoms with Crippen molar-refractivity contribution in [3.8, 4) is 17.2 Å². The molecule has 0 aliphatic heterocycles. The SMILES string of the molecule is CCN(c1cc(OC)ccc1C1CCc2cc(O)ccc2C1)C(C)c1ccc(OCCNC2CCCCC2)c(F)c1. The number of ether oxygens (including phenoxy) is 2. The summed E-state index contributed by atoms with van der Waals surface area (Å²) in [7, 11) is 1.70. The van der Waals surface area contributed by atoms with Crippen LogP contribution in [0.5, 0.6) is 17.2 Å². The van der Waals surface area contributed by atoms with E-state index in [-0.39, 0.29) is 11.9 Å². The number of hydrogen-bond donors (Lipinski definition) is 2. The second-order valence-corrected chi connectivity index (χ2v) is 11.6. The van der Waals surface area contributed by atoms with Gasteiger partial charge in [0.1, 0.15) is 18.1 Å². The molecule has 6 heteroatoms. The van der Waals surface area contributed by atoms with E-state index in [0.717, 1.165) is 49.4 Å². The summed E-state index contributed by atoms with van der Waals surface area (Å²) in [6.45, 7) is 6.24. The number of halogens is 1. The molecule has 1 fully saturated rings. The molecule has 0 heterocycles. The van der Waals surface area contributed by atoms with Crippen LogP contribution in [0.15, 0.2) is 54.6 Å². The van der Waals surface area contributed by atoms with Gasteiger partial charge in [-0.25, -0.2) is 4.39 Å². The smallest absolute Gasteiger partial charge is 0.165 e. The number of nitrogens with zero attached hydrogens (tertiary/aromatic N) is 1. The molecule has 0 bridgehead atoms. The van der Waals surface area contributed by atoms with E-state index in [1.807, 2.05) is 18.2 Å². The molecule has 0 radical (unpaired) electrons. The Bertz CT molecular complexity index is 1310. The lowest BCUT2D eigenvalue weighted by atomic mass is 9.79. The van der Waals surface area contributed by atoms with Gasteiger partial charge in [0, 0.05) is 30.9 Å². The Kier molecular flexibility index (Phi) is 9.71. The van der Waals surface area contributed by atoms with Crippen molar-refractivity contribution in [2.45, 2.75) is 83.2 Å². The normalized spacial score (nSPS) is 18.0. The molecule has 0 saturated heterocycles. The molecule has 0 spiro atoms. The number of fused-ring (bicyclic) bond motifs is 1. The average molecular weight is 561 g/mol. The zero-order chi connectivity index (χ0) is 28.8. The summed E-state index contributed by atoms with van der Waals surface area (Å²) in [6, 6.07) is 18.0. The van der Waals surface area contributed by atoms with Gasteiger partial charge in [0.05, 0.1) is 13.2 Å². The Labute approximate surface area is 244 Å². The number of phenols is 1. The Morgan fingerprint density at radius 2 is 1.83 bits per heavy atom. The van der Waals surface area contributed by atoms with E-state index in [2.05, 4.69) is 42.3 Å². The number of benzene rings is 3. The number of methoxy groups -OCH3 is 1. The monoisotopic (exact) mass is 560 g/mol. The molecule has 1 saturated carbocycles. The minimum absolute atomic E-state index is 0.0461. The van der Waals surface area contributed by atoms with Crippen LogP contribution in [0.2, 0.25) is 0 Å². The number of hydrogen-bond acceptors (Lipinski definition) is 5. The molecule has 0 aromatic heterocycles. The Balaban J connectivity index is 1.31. The fourth-order valence-electron chi connectivity index (χ4n) is 6.71. The quantitative estimate of drug-likeness (QED) is 0.235. The van der Waals surface area contributed by atoms with Crippen LogP contribution in [0.4, 0.5) is 10.1 Å². The van der Waals surface area contributed by atoms with Crippen molar-refractivity contribution in [2.75, 3.05) is 31.7 Å². The summed E-state index contributed by atoms with van der Waals surface area (Å²) < 4.78 is 26.7. The maximum atomic E-state index is 15.2. The summed E-state index contributed by atoms with van der Waals surface area (Å²) in [5.74, 6) is 1.49. The first-order valence-corrected chi connectivity index (χ1v) is 15.4. The van der Waals surface area contributed by atoms with Crippen molar-refractivity contribution in [2.24, 2.45) is 0 Å². The average Bonchev–Trinajstić information content (AvgIpc) is 3.00. The number of rotatable bonds is 11. The fourth-order valence-corrected chi connectivity index (χ4v) is 6.71. The van der Waals surface area contributed by atoms with Gasteiger partial charge < -0.3 is 24.8 Å². The van der Waals surface area contributed by atoms with Crippen LogP contribution in [0, 0.1) is 5.82 Å². The molecule has 2 aliphatic carbocycles. The van der Waals surface area contributed by atoms with Gasteiger partial charge in [0.25, 0.3) is 0 Å². The first kappa shape index (κ1) is 29.2. The molecular weight excluding hydrogens is 515 g/mol. The van der Waals surface area contributed by atoms with Crippen molar-refractivity contribution in [3.05, 3.63) is 82.7 Å². The molecule has 2 aliphatic rings. The van der Waals surface area contributed by atoms with Gasteiger partial charge in [0.15, 0.2) is 11.6 Å². The zero-order valence-electron chi connectivity index (χ0n) is 24.8. The van der Waals surface area contributed by atoms with Crippen LogP contribution in [0.25, 0.3) is 0 Å². The molecule has 220 valence electrons. The molecule has 2 N–H and O–H groups in total. The van der Waals surface area contributed by atoms with E-state index in [1.165, 1.54) is 48.8 Å². The van der Waals surface area contributed by atoms with Gasteiger partial charge in [-0.3, -0.25) is 0 Å². The van der Waals surface area contributed by atoms with E-state index in [1.54, 1.807) is 25.3 Å². The van der Waals surface area contributed by atoms with Gasteiger partial charge in [-0.2, -0.15) is 0 Å². The zero-order valence-corrected chi connectivity index (χ0v) is 24.8. The lowest BCUT2D eigenvalue weighted by molar-refractivity contribution is 0.279. The Morgan fingerprint density at radius 3 is 2.59 bits per heavy atom. The minimum Gasteiger partial charge on any atom is -0.508 e. The predicted molar refractivity (Wildman–Crippen MR) is 164 cm³/mol. The topological polar surface area (TPSA) is 54.0 Å². The molecule has 3 aromatic rings. The predicted octanol–water partition coefficient (Wildman–Crippen LogP) is 7.70. The largest absolute Gasteiger partial charge is 0.508 e. The first-order chi connectivity index (χ1) is 20.0. The second-order valence-electron chi connectivity index (χ2n) is 11.6. The third-order valence-corrected chi connectivity index (χ3v) is 9.05. The number of anilines is 1. The molecule has 41 heavy (non-hydrogen) atoms. The lowest BCUT2D eigenvalue weighted by Crippen LogP contribution is -2.34.